The van der Waals surface area contributed by atoms with Crippen LogP contribution in [0.25, 0.3) is 0 Å². The smallest absolute Gasteiger partial charge is 0.206 e. The van der Waals surface area contributed by atoms with Gasteiger partial charge in [-0.2, -0.15) is 0 Å². The van der Waals surface area contributed by atoms with Crippen LogP contribution in [0.5, 0.6) is 0 Å². The Morgan fingerprint density at radius 1 is 1.54 bits per heavy atom. The summed E-state index contributed by atoms with van der Waals surface area (Å²) in [5, 5.41) is 12.5. The van der Waals surface area contributed by atoms with Crippen molar-refractivity contribution in [1.82, 2.24) is 10.2 Å². The van der Waals surface area contributed by atoms with E-state index in [2.05, 4.69) is 22.4 Å². The van der Waals surface area contributed by atoms with E-state index in [0.717, 1.165) is 15.2 Å². The van der Waals surface area contributed by atoms with E-state index >= 15 is 0 Å². The molecule has 3 nitrogen and oxygen atoms in total. The fraction of sp³-hybridized carbons (Fsp3) is 0.750. The minimum absolute atomic E-state index is 0.678. The van der Waals surface area contributed by atoms with Crippen LogP contribution in [0, 0.1) is 0 Å². The third-order valence-corrected chi connectivity index (χ3v) is 3.93. The Bertz CT molecular complexity index is 270. The zero-order valence-corrected chi connectivity index (χ0v) is 9.25. The van der Waals surface area contributed by atoms with Gasteiger partial charge in [-0.25, -0.2) is 0 Å². The Morgan fingerprint density at radius 2 is 2.38 bits per heavy atom. The van der Waals surface area contributed by atoms with E-state index in [9.17, 15) is 0 Å². The van der Waals surface area contributed by atoms with Gasteiger partial charge < -0.3 is 5.32 Å². The summed E-state index contributed by atoms with van der Waals surface area (Å²) in [6.45, 7) is 2.18. The van der Waals surface area contributed by atoms with E-state index in [1.54, 1.807) is 23.1 Å². The highest BCUT2D eigenvalue weighted by Gasteiger charge is 2.22. The maximum absolute atomic E-state index is 4.10. The van der Waals surface area contributed by atoms with Crippen molar-refractivity contribution in [3.05, 3.63) is 0 Å². The van der Waals surface area contributed by atoms with Gasteiger partial charge >= 0.3 is 0 Å². The highest BCUT2D eigenvalue weighted by molar-refractivity contribution is 8.01. The Hall–Kier alpha value is -0.290. The topological polar surface area (TPSA) is 37.8 Å². The highest BCUT2D eigenvalue weighted by atomic mass is 32.2. The highest BCUT2D eigenvalue weighted by Crippen LogP contribution is 2.30. The van der Waals surface area contributed by atoms with Crippen molar-refractivity contribution in [2.24, 2.45) is 0 Å². The van der Waals surface area contributed by atoms with Crippen molar-refractivity contribution >= 4 is 28.2 Å². The third-order valence-electron chi connectivity index (χ3n) is 1.74. The molecule has 0 bridgehead atoms. The first-order valence-electron chi connectivity index (χ1n) is 4.61. The largest absolute Gasteiger partial charge is 0.357 e. The van der Waals surface area contributed by atoms with Gasteiger partial charge in [0.25, 0.3) is 0 Å². The number of rotatable bonds is 5. The first kappa shape index (κ1) is 9.27. The Morgan fingerprint density at radius 3 is 3.08 bits per heavy atom. The van der Waals surface area contributed by atoms with Crippen LogP contribution in [0.2, 0.25) is 0 Å². The summed E-state index contributed by atoms with van der Waals surface area (Å²) in [7, 11) is 0. The molecule has 1 saturated carbocycles. The summed E-state index contributed by atoms with van der Waals surface area (Å²) < 4.78 is 1.09. The van der Waals surface area contributed by atoms with Gasteiger partial charge in [-0.3, -0.25) is 0 Å². The second-order valence-electron chi connectivity index (χ2n) is 3.14. The van der Waals surface area contributed by atoms with E-state index in [-0.39, 0.29) is 0 Å². The molecule has 0 saturated heterocycles. The van der Waals surface area contributed by atoms with Crippen molar-refractivity contribution in [3.8, 4) is 0 Å². The molecule has 0 unspecified atom stereocenters. The van der Waals surface area contributed by atoms with Crippen molar-refractivity contribution in [2.75, 3.05) is 11.1 Å². The molecule has 1 aliphatic carbocycles. The molecule has 0 aromatic carbocycles. The number of anilines is 1. The van der Waals surface area contributed by atoms with Crippen LogP contribution in [0.4, 0.5) is 5.13 Å². The Labute approximate surface area is 86.3 Å². The molecule has 1 N–H and O–H groups in total. The molecule has 1 aromatic rings. The molecule has 1 fully saturated rings. The summed E-state index contributed by atoms with van der Waals surface area (Å²) in [4.78, 5) is 0. The lowest BCUT2D eigenvalue weighted by molar-refractivity contribution is 0.991. The van der Waals surface area contributed by atoms with Gasteiger partial charge in [-0.05, 0) is 19.3 Å². The first-order chi connectivity index (χ1) is 6.38. The third kappa shape index (κ3) is 2.84. The van der Waals surface area contributed by atoms with Crippen LogP contribution in [-0.4, -0.2) is 22.0 Å². The van der Waals surface area contributed by atoms with Crippen LogP contribution in [-0.2, 0) is 0 Å². The zero-order valence-electron chi connectivity index (χ0n) is 7.62. The second kappa shape index (κ2) is 4.28. The van der Waals surface area contributed by atoms with Gasteiger partial charge in [0.2, 0.25) is 5.13 Å². The number of hydrogen-bond donors (Lipinski definition) is 1. The van der Waals surface area contributed by atoms with Gasteiger partial charge in [0.1, 0.15) is 0 Å². The number of nitrogens with one attached hydrogen (secondary N) is 1. The Kier molecular flexibility index (Phi) is 3.05. The molecule has 1 aliphatic rings. The first-order valence-corrected chi connectivity index (χ1v) is 6.41. The van der Waals surface area contributed by atoms with E-state index in [1.807, 2.05) is 0 Å². The summed E-state index contributed by atoms with van der Waals surface area (Å²) in [5.41, 5.74) is 0. The summed E-state index contributed by atoms with van der Waals surface area (Å²) in [6.07, 6.45) is 3.77. The fourth-order valence-corrected chi connectivity index (χ4v) is 2.67. The lowest BCUT2D eigenvalue weighted by Crippen LogP contribution is -1.99. The van der Waals surface area contributed by atoms with Crippen molar-refractivity contribution in [1.29, 1.82) is 0 Å². The number of thioether (sulfide) groups is 1. The normalized spacial score (nSPS) is 16.1. The molecule has 2 rings (SSSR count). The van der Waals surface area contributed by atoms with E-state index in [1.165, 1.54) is 19.3 Å². The van der Waals surface area contributed by atoms with Crippen molar-refractivity contribution in [2.45, 2.75) is 36.6 Å². The lowest BCUT2D eigenvalue weighted by Gasteiger charge is -1.94. The maximum Gasteiger partial charge on any atom is 0.206 e. The summed E-state index contributed by atoms with van der Waals surface area (Å²) in [5.74, 6) is 1.14. The number of hydrogen-bond acceptors (Lipinski definition) is 5. The fourth-order valence-electron chi connectivity index (χ4n) is 0.918. The minimum atomic E-state index is 0.678. The van der Waals surface area contributed by atoms with Gasteiger partial charge in [-0.1, -0.05) is 30.0 Å². The van der Waals surface area contributed by atoms with Gasteiger partial charge in [0.15, 0.2) is 4.34 Å². The lowest BCUT2D eigenvalue weighted by atomic mass is 10.6. The molecule has 13 heavy (non-hydrogen) atoms. The van der Waals surface area contributed by atoms with E-state index in [4.69, 9.17) is 0 Å². The average Bonchev–Trinajstić information content (AvgIpc) is 2.81. The molecule has 1 heterocycles. The molecule has 0 radical (unpaired) electrons. The van der Waals surface area contributed by atoms with Crippen molar-refractivity contribution in [3.63, 3.8) is 0 Å². The zero-order chi connectivity index (χ0) is 9.10. The van der Waals surface area contributed by atoms with Crippen LogP contribution in [0.3, 0.4) is 0 Å². The molecule has 0 spiro atoms. The molecule has 0 aliphatic heterocycles. The van der Waals surface area contributed by atoms with E-state index < -0.39 is 0 Å². The predicted molar refractivity (Wildman–Crippen MR) is 57.6 cm³/mol. The minimum Gasteiger partial charge on any atom is -0.357 e. The molecular formula is C8H13N3S2. The number of aromatic nitrogens is 2. The van der Waals surface area contributed by atoms with Crippen LogP contribution >= 0.6 is 23.1 Å². The van der Waals surface area contributed by atoms with Crippen LogP contribution < -0.4 is 5.32 Å². The average molecular weight is 215 g/mol. The summed E-state index contributed by atoms with van der Waals surface area (Å²) >= 11 is 3.46. The maximum atomic E-state index is 4.10. The predicted octanol–water partition coefficient (Wildman–Crippen LogP) is 2.61. The van der Waals surface area contributed by atoms with E-state index in [0.29, 0.717) is 6.04 Å². The van der Waals surface area contributed by atoms with Gasteiger partial charge in [-0.15, -0.1) is 10.2 Å². The molecule has 5 heteroatoms. The molecular weight excluding hydrogens is 202 g/mol. The molecule has 0 atom stereocenters. The van der Waals surface area contributed by atoms with Crippen LogP contribution in [0.15, 0.2) is 4.34 Å². The van der Waals surface area contributed by atoms with Crippen LogP contribution in [0.1, 0.15) is 26.2 Å². The van der Waals surface area contributed by atoms with Gasteiger partial charge in [0, 0.05) is 11.8 Å². The van der Waals surface area contributed by atoms with Gasteiger partial charge in [0.05, 0.1) is 0 Å². The molecule has 0 amide bonds. The molecule has 72 valence electrons. The quantitative estimate of drug-likeness (QED) is 0.766. The summed E-state index contributed by atoms with van der Waals surface area (Å²) in [6, 6.07) is 0.678. The Balaban J connectivity index is 1.84. The standard InChI is InChI=1S/C8H13N3S2/c1-2-5-12-8-11-10-7(13-8)9-6-3-4-6/h6H,2-5H2,1H3,(H,9,10). The monoisotopic (exact) mass is 215 g/mol. The molecule has 1 aromatic heterocycles. The SMILES string of the molecule is CCCSc1nnc(NC2CC2)s1. The van der Waals surface area contributed by atoms with Crippen molar-refractivity contribution < 1.29 is 0 Å². The second-order valence-corrected chi connectivity index (χ2v) is 5.46. The number of nitrogens with zero attached hydrogens (tertiary/aromatic N) is 2.